The van der Waals surface area contributed by atoms with Crippen molar-refractivity contribution in [1.29, 1.82) is 0 Å². The highest BCUT2D eigenvalue weighted by Gasteiger charge is 2.32. The van der Waals surface area contributed by atoms with Gasteiger partial charge in [-0.25, -0.2) is 4.79 Å². The van der Waals surface area contributed by atoms with E-state index in [9.17, 15) is 9.59 Å². The summed E-state index contributed by atoms with van der Waals surface area (Å²) in [5.41, 5.74) is 0. The molecule has 0 unspecified atom stereocenters. The second kappa shape index (κ2) is 7.98. The Morgan fingerprint density at radius 1 is 1.25 bits per heavy atom. The van der Waals surface area contributed by atoms with Crippen LogP contribution in [0.2, 0.25) is 0 Å². The summed E-state index contributed by atoms with van der Waals surface area (Å²) in [4.78, 5) is 31.6. The van der Waals surface area contributed by atoms with Crippen LogP contribution in [0.5, 0.6) is 0 Å². The molecule has 0 aliphatic carbocycles. The number of thiophene rings is 1. The third kappa shape index (κ3) is 3.89. The highest BCUT2D eigenvalue weighted by atomic mass is 32.1. The van der Waals surface area contributed by atoms with Gasteiger partial charge in [0.2, 0.25) is 5.91 Å². The van der Waals surface area contributed by atoms with Crippen molar-refractivity contribution in [3.05, 3.63) is 22.4 Å². The Labute approximate surface area is 147 Å². The van der Waals surface area contributed by atoms with E-state index in [0.717, 1.165) is 32.5 Å². The molecule has 2 aliphatic heterocycles. The molecule has 132 valence electrons. The van der Waals surface area contributed by atoms with E-state index in [0.29, 0.717) is 26.2 Å². The van der Waals surface area contributed by atoms with E-state index >= 15 is 0 Å². The van der Waals surface area contributed by atoms with Gasteiger partial charge in [-0.3, -0.25) is 9.69 Å². The number of piperazine rings is 1. The largest absolute Gasteiger partial charge is 0.450 e. The number of carbonyl (C=O) groups excluding carboxylic acids is 2. The van der Waals surface area contributed by atoms with Crippen molar-refractivity contribution in [2.45, 2.75) is 25.8 Å². The minimum absolute atomic E-state index is 0.204. The van der Waals surface area contributed by atoms with Crippen molar-refractivity contribution < 1.29 is 14.3 Å². The summed E-state index contributed by atoms with van der Waals surface area (Å²) in [5, 5.41) is 2.07. The van der Waals surface area contributed by atoms with E-state index in [-0.39, 0.29) is 18.0 Å². The molecule has 1 atom stereocenters. The molecule has 0 aromatic carbocycles. The molecule has 6 nitrogen and oxygen atoms in total. The maximum absolute atomic E-state index is 12.7. The Balaban J connectivity index is 1.50. The van der Waals surface area contributed by atoms with Crippen molar-refractivity contribution in [3.8, 4) is 0 Å². The van der Waals surface area contributed by atoms with Crippen molar-refractivity contribution in [3.63, 3.8) is 0 Å². The van der Waals surface area contributed by atoms with Crippen LogP contribution in [0.3, 0.4) is 0 Å². The Hall–Kier alpha value is -1.60. The zero-order valence-corrected chi connectivity index (χ0v) is 15.0. The summed E-state index contributed by atoms with van der Waals surface area (Å²) in [6.45, 7) is 6.21. The number of hydrogen-bond acceptors (Lipinski definition) is 5. The van der Waals surface area contributed by atoms with Crippen molar-refractivity contribution >= 4 is 23.3 Å². The van der Waals surface area contributed by atoms with Gasteiger partial charge in [0.1, 0.15) is 0 Å². The van der Waals surface area contributed by atoms with Gasteiger partial charge in [0.15, 0.2) is 0 Å². The van der Waals surface area contributed by atoms with Crippen LogP contribution >= 0.6 is 11.3 Å². The lowest BCUT2D eigenvalue weighted by atomic mass is 10.2. The lowest BCUT2D eigenvalue weighted by Gasteiger charge is -2.35. The maximum atomic E-state index is 12.7. The quantitative estimate of drug-likeness (QED) is 0.834. The second-order valence-electron chi connectivity index (χ2n) is 6.22. The smallest absolute Gasteiger partial charge is 0.409 e. The van der Waals surface area contributed by atoms with Crippen LogP contribution in [0.1, 0.15) is 30.7 Å². The van der Waals surface area contributed by atoms with E-state index in [1.165, 1.54) is 4.88 Å². The molecule has 0 spiro atoms. The van der Waals surface area contributed by atoms with Gasteiger partial charge in [-0.05, 0) is 31.2 Å². The van der Waals surface area contributed by atoms with Crippen molar-refractivity contribution in [1.82, 2.24) is 14.7 Å². The number of nitrogens with zero attached hydrogens (tertiary/aromatic N) is 3. The Morgan fingerprint density at radius 3 is 2.71 bits per heavy atom. The summed E-state index contributed by atoms with van der Waals surface area (Å²) in [7, 11) is 0. The first kappa shape index (κ1) is 17.2. The van der Waals surface area contributed by atoms with Gasteiger partial charge in [0, 0.05) is 37.6 Å². The summed E-state index contributed by atoms with van der Waals surface area (Å²) in [6.07, 6.45) is 1.88. The third-order valence-corrected chi connectivity index (χ3v) is 5.68. The van der Waals surface area contributed by atoms with Crippen LogP contribution < -0.4 is 0 Å². The second-order valence-corrected chi connectivity index (χ2v) is 7.20. The maximum Gasteiger partial charge on any atom is 0.409 e. The summed E-state index contributed by atoms with van der Waals surface area (Å²) >= 11 is 1.73. The minimum Gasteiger partial charge on any atom is -0.450 e. The van der Waals surface area contributed by atoms with Gasteiger partial charge in [0.25, 0.3) is 0 Å². The molecule has 24 heavy (non-hydrogen) atoms. The monoisotopic (exact) mass is 351 g/mol. The molecular formula is C17H25N3O3S. The molecular weight excluding hydrogens is 326 g/mol. The lowest BCUT2D eigenvalue weighted by Crippen LogP contribution is -2.51. The van der Waals surface area contributed by atoms with E-state index < -0.39 is 0 Å². The topological polar surface area (TPSA) is 53.1 Å². The van der Waals surface area contributed by atoms with Crippen molar-refractivity contribution in [2.75, 3.05) is 45.9 Å². The molecule has 1 aromatic rings. The molecule has 2 aliphatic rings. The molecule has 0 bridgehead atoms. The first-order valence-corrected chi connectivity index (χ1v) is 9.54. The van der Waals surface area contributed by atoms with E-state index in [1.54, 1.807) is 16.2 Å². The standard InChI is InChI=1S/C17H25N3O3S/c1-2-23-17(22)19-10-8-18(9-11-19)13-16(21)20-7-3-5-14(20)15-6-4-12-24-15/h4,6,12,14H,2-3,5,7-11,13H2,1H3/t14-/m1/s1. The van der Waals surface area contributed by atoms with Gasteiger partial charge in [-0.15, -0.1) is 11.3 Å². The summed E-state index contributed by atoms with van der Waals surface area (Å²) < 4.78 is 5.03. The molecule has 0 saturated carbocycles. The van der Waals surface area contributed by atoms with E-state index in [2.05, 4.69) is 22.4 Å². The molecule has 2 fully saturated rings. The average molecular weight is 351 g/mol. The van der Waals surface area contributed by atoms with Crippen molar-refractivity contribution in [2.24, 2.45) is 0 Å². The zero-order chi connectivity index (χ0) is 16.9. The van der Waals surface area contributed by atoms with Gasteiger partial charge in [0.05, 0.1) is 19.2 Å². The Kier molecular flexibility index (Phi) is 5.73. The first-order chi connectivity index (χ1) is 11.7. The molecule has 2 amide bonds. The summed E-state index contributed by atoms with van der Waals surface area (Å²) in [6, 6.07) is 4.42. The van der Waals surface area contributed by atoms with Gasteiger partial charge >= 0.3 is 6.09 Å². The van der Waals surface area contributed by atoms with Gasteiger partial charge in [-0.1, -0.05) is 6.07 Å². The molecule has 0 N–H and O–H groups in total. The Morgan fingerprint density at radius 2 is 2.04 bits per heavy atom. The molecule has 2 saturated heterocycles. The molecule has 0 radical (unpaired) electrons. The first-order valence-electron chi connectivity index (χ1n) is 8.66. The highest BCUT2D eigenvalue weighted by Crippen LogP contribution is 2.34. The zero-order valence-electron chi connectivity index (χ0n) is 14.1. The number of ether oxygens (including phenoxy) is 1. The Bertz CT molecular complexity index is 555. The molecule has 1 aromatic heterocycles. The fraction of sp³-hybridized carbons (Fsp3) is 0.647. The normalized spacial score (nSPS) is 22.0. The van der Waals surface area contributed by atoms with E-state index in [1.807, 2.05) is 11.8 Å². The number of rotatable bonds is 4. The number of hydrogen-bond donors (Lipinski definition) is 0. The number of likely N-dealkylation sites (tertiary alicyclic amines) is 1. The SMILES string of the molecule is CCOC(=O)N1CCN(CC(=O)N2CCC[C@@H]2c2cccs2)CC1. The third-order valence-electron chi connectivity index (χ3n) is 4.70. The predicted octanol–water partition coefficient (Wildman–Crippen LogP) is 2.19. The van der Waals surface area contributed by atoms with Crippen LogP contribution in [0.15, 0.2) is 17.5 Å². The fourth-order valence-corrected chi connectivity index (χ4v) is 4.30. The average Bonchev–Trinajstić information content (AvgIpc) is 3.26. The summed E-state index contributed by atoms with van der Waals surface area (Å²) in [5.74, 6) is 0.204. The van der Waals surface area contributed by atoms with Gasteiger partial charge in [-0.2, -0.15) is 0 Å². The van der Waals surface area contributed by atoms with Crippen LogP contribution in [0.25, 0.3) is 0 Å². The molecule has 3 rings (SSSR count). The van der Waals surface area contributed by atoms with Gasteiger partial charge < -0.3 is 14.5 Å². The van der Waals surface area contributed by atoms with E-state index in [4.69, 9.17) is 4.74 Å². The van der Waals surface area contributed by atoms with Crippen LogP contribution in [-0.2, 0) is 9.53 Å². The number of carbonyl (C=O) groups is 2. The van der Waals surface area contributed by atoms with Crippen LogP contribution in [0.4, 0.5) is 4.79 Å². The minimum atomic E-state index is -0.249. The fourth-order valence-electron chi connectivity index (χ4n) is 3.43. The number of amides is 2. The predicted molar refractivity (Wildman–Crippen MR) is 93.0 cm³/mol. The van der Waals surface area contributed by atoms with Crippen LogP contribution in [-0.4, -0.2) is 72.6 Å². The highest BCUT2D eigenvalue weighted by molar-refractivity contribution is 7.10. The molecule has 3 heterocycles. The van der Waals surface area contributed by atoms with Crippen LogP contribution in [0, 0.1) is 0 Å². The lowest BCUT2D eigenvalue weighted by molar-refractivity contribution is -0.133. The molecule has 7 heteroatoms.